The fourth-order valence-electron chi connectivity index (χ4n) is 2.72. The van der Waals surface area contributed by atoms with Gasteiger partial charge in [0.25, 0.3) is 0 Å². The van der Waals surface area contributed by atoms with Crippen LogP contribution in [0, 0.1) is 6.92 Å². The number of hydrogen-bond donors (Lipinski definition) is 2. The minimum absolute atomic E-state index is 0.141. The van der Waals surface area contributed by atoms with Crippen LogP contribution in [0.25, 0.3) is 0 Å². The minimum Gasteiger partial charge on any atom is -0.393 e. The summed E-state index contributed by atoms with van der Waals surface area (Å²) in [5.74, 6) is 2.07. The van der Waals surface area contributed by atoms with Crippen LogP contribution < -0.4 is 5.32 Å². The summed E-state index contributed by atoms with van der Waals surface area (Å²) in [6.45, 7) is 8.64. The van der Waals surface area contributed by atoms with Gasteiger partial charge in [-0.2, -0.15) is 0 Å². The van der Waals surface area contributed by atoms with Crippen LogP contribution in [0.1, 0.15) is 38.4 Å². The maximum atomic E-state index is 9.60. The average molecular weight is 307 g/mol. The molecule has 2 rings (SSSR count). The molecule has 124 valence electrons. The number of imidazole rings is 1. The molecule has 1 aliphatic heterocycles. The van der Waals surface area contributed by atoms with E-state index in [4.69, 9.17) is 4.99 Å². The van der Waals surface area contributed by atoms with Crippen molar-refractivity contribution in [3.8, 4) is 0 Å². The number of unbranched alkanes of at least 4 members (excludes halogenated alkanes) is 1. The number of aliphatic hydroxyl groups is 1. The first-order valence-corrected chi connectivity index (χ1v) is 8.39. The van der Waals surface area contributed by atoms with Gasteiger partial charge in [-0.1, -0.05) is 0 Å². The molecule has 6 heteroatoms. The number of aliphatic hydroxyl groups excluding tert-OH is 1. The third-order valence-electron chi connectivity index (χ3n) is 4.09. The lowest BCUT2D eigenvalue weighted by Gasteiger charge is -2.32. The van der Waals surface area contributed by atoms with E-state index in [0.717, 1.165) is 70.2 Å². The third-order valence-corrected chi connectivity index (χ3v) is 4.09. The lowest BCUT2D eigenvalue weighted by atomic mass is 10.1. The van der Waals surface area contributed by atoms with Crippen LogP contribution in [0.2, 0.25) is 0 Å². The minimum atomic E-state index is -0.141. The predicted molar refractivity (Wildman–Crippen MR) is 89.0 cm³/mol. The van der Waals surface area contributed by atoms with Gasteiger partial charge in [0.2, 0.25) is 0 Å². The number of rotatable bonds is 6. The summed E-state index contributed by atoms with van der Waals surface area (Å²) in [7, 11) is 0. The molecular weight excluding hydrogens is 278 g/mol. The van der Waals surface area contributed by atoms with Crippen LogP contribution in [0.3, 0.4) is 0 Å². The second-order valence-corrected chi connectivity index (χ2v) is 5.83. The molecule has 1 saturated heterocycles. The molecule has 2 N–H and O–H groups in total. The summed E-state index contributed by atoms with van der Waals surface area (Å²) in [5.41, 5.74) is 0. The lowest BCUT2D eigenvalue weighted by Crippen LogP contribution is -2.46. The van der Waals surface area contributed by atoms with E-state index in [2.05, 4.69) is 26.7 Å². The summed E-state index contributed by atoms with van der Waals surface area (Å²) < 4.78 is 2.18. The van der Waals surface area contributed by atoms with Crippen LogP contribution in [0.15, 0.2) is 17.4 Å². The van der Waals surface area contributed by atoms with E-state index in [1.807, 2.05) is 19.3 Å². The van der Waals surface area contributed by atoms with E-state index in [-0.39, 0.29) is 6.10 Å². The van der Waals surface area contributed by atoms with E-state index in [1.165, 1.54) is 0 Å². The van der Waals surface area contributed by atoms with Crippen molar-refractivity contribution in [1.29, 1.82) is 0 Å². The molecule has 2 heterocycles. The van der Waals surface area contributed by atoms with Crippen molar-refractivity contribution in [1.82, 2.24) is 19.8 Å². The number of hydrogen-bond acceptors (Lipinski definition) is 3. The SMILES string of the molecule is CCNC(=NCCCCn1ccnc1C)N1CCC(O)CC1. The molecule has 22 heavy (non-hydrogen) atoms. The van der Waals surface area contributed by atoms with Gasteiger partial charge >= 0.3 is 0 Å². The molecule has 0 amide bonds. The van der Waals surface area contributed by atoms with Gasteiger partial charge in [-0.3, -0.25) is 4.99 Å². The number of nitrogens with zero attached hydrogens (tertiary/aromatic N) is 4. The first-order valence-electron chi connectivity index (χ1n) is 8.39. The quantitative estimate of drug-likeness (QED) is 0.473. The van der Waals surface area contributed by atoms with Gasteiger partial charge in [-0.05, 0) is 39.5 Å². The van der Waals surface area contributed by atoms with Crippen LogP contribution in [0.4, 0.5) is 0 Å². The van der Waals surface area contributed by atoms with E-state index in [0.29, 0.717) is 0 Å². The highest BCUT2D eigenvalue weighted by Crippen LogP contribution is 2.10. The zero-order valence-electron chi connectivity index (χ0n) is 13.8. The van der Waals surface area contributed by atoms with E-state index in [1.54, 1.807) is 0 Å². The summed E-state index contributed by atoms with van der Waals surface area (Å²) >= 11 is 0. The molecule has 0 unspecified atom stereocenters. The smallest absolute Gasteiger partial charge is 0.193 e. The fraction of sp³-hybridized carbons (Fsp3) is 0.750. The highest BCUT2D eigenvalue weighted by molar-refractivity contribution is 5.80. The molecule has 1 aromatic heterocycles. The Kier molecular flexibility index (Phi) is 6.71. The van der Waals surface area contributed by atoms with Gasteiger partial charge in [-0.15, -0.1) is 0 Å². The van der Waals surface area contributed by atoms with Crippen molar-refractivity contribution >= 4 is 5.96 Å². The van der Waals surface area contributed by atoms with Gasteiger partial charge < -0.3 is 19.9 Å². The van der Waals surface area contributed by atoms with Crippen molar-refractivity contribution < 1.29 is 5.11 Å². The molecule has 0 spiro atoms. The first-order chi connectivity index (χ1) is 10.7. The van der Waals surface area contributed by atoms with Crippen molar-refractivity contribution in [2.75, 3.05) is 26.2 Å². The standard InChI is InChI=1S/C16H29N5O/c1-3-17-16(21-11-6-15(22)7-12-21)19-8-4-5-10-20-13-9-18-14(20)2/h9,13,15,22H,3-8,10-12H2,1-2H3,(H,17,19). The Morgan fingerprint density at radius 3 is 2.82 bits per heavy atom. The molecule has 0 aromatic carbocycles. The molecular formula is C16H29N5O. The highest BCUT2D eigenvalue weighted by Gasteiger charge is 2.19. The lowest BCUT2D eigenvalue weighted by molar-refractivity contribution is 0.108. The number of nitrogens with one attached hydrogen (secondary N) is 1. The number of guanidine groups is 1. The van der Waals surface area contributed by atoms with Gasteiger partial charge in [0, 0.05) is 45.1 Å². The number of likely N-dealkylation sites (tertiary alicyclic amines) is 1. The number of piperidine rings is 1. The molecule has 6 nitrogen and oxygen atoms in total. The summed E-state index contributed by atoms with van der Waals surface area (Å²) in [4.78, 5) is 11.2. The predicted octanol–water partition coefficient (Wildman–Crippen LogP) is 1.39. The molecule has 0 radical (unpaired) electrons. The van der Waals surface area contributed by atoms with Gasteiger partial charge in [0.15, 0.2) is 5.96 Å². The van der Waals surface area contributed by atoms with Crippen molar-refractivity contribution in [2.45, 2.75) is 52.2 Å². The van der Waals surface area contributed by atoms with Crippen molar-refractivity contribution in [2.24, 2.45) is 4.99 Å². The maximum absolute atomic E-state index is 9.60. The van der Waals surface area contributed by atoms with Gasteiger partial charge in [0.05, 0.1) is 6.10 Å². The Morgan fingerprint density at radius 1 is 1.41 bits per heavy atom. The Balaban J connectivity index is 1.74. The fourth-order valence-corrected chi connectivity index (χ4v) is 2.72. The maximum Gasteiger partial charge on any atom is 0.193 e. The normalized spacial score (nSPS) is 17.0. The van der Waals surface area contributed by atoms with E-state index in [9.17, 15) is 5.11 Å². The molecule has 1 aliphatic rings. The van der Waals surface area contributed by atoms with Gasteiger partial charge in [0.1, 0.15) is 5.82 Å². The van der Waals surface area contributed by atoms with Crippen LogP contribution in [-0.2, 0) is 6.54 Å². The highest BCUT2D eigenvalue weighted by atomic mass is 16.3. The van der Waals surface area contributed by atoms with E-state index < -0.39 is 0 Å². The molecule has 0 aliphatic carbocycles. The number of aryl methyl sites for hydroxylation is 2. The Hall–Kier alpha value is -1.56. The Morgan fingerprint density at radius 2 is 2.18 bits per heavy atom. The van der Waals surface area contributed by atoms with Crippen molar-refractivity contribution in [3.05, 3.63) is 18.2 Å². The van der Waals surface area contributed by atoms with Crippen LogP contribution >= 0.6 is 0 Å². The number of aliphatic imine (C=N–C) groups is 1. The Bertz CT molecular complexity index is 463. The molecule has 0 bridgehead atoms. The monoisotopic (exact) mass is 307 g/mol. The summed E-state index contributed by atoms with van der Waals surface area (Å²) in [5, 5.41) is 13.0. The average Bonchev–Trinajstić information content (AvgIpc) is 2.92. The molecule has 0 saturated carbocycles. The van der Waals surface area contributed by atoms with Gasteiger partial charge in [-0.25, -0.2) is 4.98 Å². The molecule has 1 fully saturated rings. The van der Waals surface area contributed by atoms with Crippen molar-refractivity contribution in [3.63, 3.8) is 0 Å². The Labute approximate surface area is 133 Å². The van der Waals surface area contributed by atoms with Crippen LogP contribution in [0.5, 0.6) is 0 Å². The zero-order valence-corrected chi connectivity index (χ0v) is 13.8. The molecule has 0 atom stereocenters. The molecule has 1 aromatic rings. The second kappa shape index (κ2) is 8.78. The summed E-state index contributed by atoms with van der Waals surface area (Å²) in [6.07, 6.45) is 7.59. The summed E-state index contributed by atoms with van der Waals surface area (Å²) in [6, 6.07) is 0. The third kappa shape index (κ3) is 5.02. The van der Waals surface area contributed by atoms with Crippen LogP contribution in [-0.4, -0.2) is 57.8 Å². The second-order valence-electron chi connectivity index (χ2n) is 5.83. The zero-order chi connectivity index (χ0) is 15.8. The van der Waals surface area contributed by atoms with E-state index >= 15 is 0 Å². The topological polar surface area (TPSA) is 65.7 Å². The first kappa shape index (κ1) is 16.8. The number of aromatic nitrogens is 2. The largest absolute Gasteiger partial charge is 0.393 e.